The van der Waals surface area contributed by atoms with Crippen molar-refractivity contribution >= 4 is 5.91 Å². The zero-order chi connectivity index (χ0) is 17.1. The largest absolute Gasteiger partial charge is 0.374 e. The number of aromatic nitrogens is 2. The van der Waals surface area contributed by atoms with Crippen molar-refractivity contribution in [3.63, 3.8) is 0 Å². The van der Waals surface area contributed by atoms with Gasteiger partial charge in [0.25, 0.3) is 5.91 Å². The molecule has 2 aliphatic heterocycles. The Bertz CT molecular complexity index is 621. The number of morpholine rings is 1. The highest BCUT2D eigenvalue weighted by molar-refractivity contribution is 5.92. The van der Waals surface area contributed by atoms with E-state index in [0.29, 0.717) is 18.8 Å². The Kier molecular flexibility index (Phi) is 5.08. The number of hydrogen-bond donors (Lipinski definition) is 0. The van der Waals surface area contributed by atoms with Gasteiger partial charge < -0.3 is 14.5 Å². The van der Waals surface area contributed by atoms with Crippen LogP contribution in [0.1, 0.15) is 36.2 Å². The van der Waals surface area contributed by atoms with Gasteiger partial charge in [-0.3, -0.25) is 9.78 Å². The summed E-state index contributed by atoms with van der Waals surface area (Å²) in [6.45, 7) is 4.34. The second-order valence-electron chi connectivity index (χ2n) is 7.26. The van der Waals surface area contributed by atoms with E-state index in [4.69, 9.17) is 4.74 Å². The van der Waals surface area contributed by atoms with Crippen LogP contribution in [0.4, 0.5) is 0 Å². The van der Waals surface area contributed by atoms with Crippen LogP contribution >= 0.6 is 0 Å². The molecule has 3 atom stereocenters. The third-order valence-corrected chi connectivity index (χ3v) is 5.61. The van der Waals surface area contributed by atoms with Crippen LogP contribution in [-0.4, -0.2) is 70.6 Å². The molecular formula is C19H26N4O2. The average molecular weight is 342 g/mol. The van der Waals surface area contributed by atoms with Crippen molar-refractivity contribution in [1.82, 2.24) is 19.8 Å². The van der Waals surface area contributed by atoms with Crippen LogP contribution in [0.2, 0.25) is 0 Å². The number of allylic oxidation sites excluding steroid dienone is 2. The Morgan fingerprint density at radius 2 is 2.20 bits per heavy atom. The summed E-state index contributed by atoms with van der Waals surface area (Å²) in [5, 5.41) is 0. The highest BCUT2D eigenvalue weighted by atomic mass is 16.5. The van der Waals surface area contributed by atoms with Gasteiger partial charge in [0.2, 0.25) is 0 Å². The first-order chi connectivity index (χ1) is 12.3. The quantitative estimate of drug-likeness (QED) is 0.783. The fourth-order valence-corrected chi connectivity index (χ4v) is 4.30. The number of rotatable bonds is 3. The number of likely N-dealkylation sites (tertiary alicyclic amines) is 1. The summed E-state index contributed by atoms with van der Waals surface area (Å²) < 4.78 is 5.97. The van der Waals surface area contributed by atoms with Crippen LogP contribution < -0.4 is 0 Å². The van der Waals surface area contributed by atoms with E-state index in [2.05, 4.69) is 27.0 Å². The van der Waals surface area contributed by atoms with Gasteiger partial charge in [-0.1, -0.05) is 12.2 Å². The minimum atomic E-state index is -0.0196. The van der Waals surface area contributed by atoms with Gasteiger partial charge in [-0.05, 0) is 31.6 Å². The molecule has 6 heteroatoms. The van der Waals surface area contributed by atoms with Gasteiger partial charge in [0, 0.05) is 38.6 Å². The molecule has 0 spiro atoms. The van der Waals surface area contributed by atoms with Crippen molar-refractivity contribution in [2.75, 3.05) is 32.8 Å². The average Bonchev–Trinajstić information content (AvgIpc) is 2.68. The molecule has 2 saturated heterocycles. The topological polar surface area (TPSA) is 58.6 Å². The number of ether oxygens (including phenoxy) is 1. The molecule has 0 bridgehead atoms. The lowest BCUT2D eigenvalue weighted by Gasteiger charge is -2.47. The third kappa shape index (κ3) is 3.75. The van der Waals surface area contributed by atoms with E-state index in [1.54, 1.807) is 18.6 Å². The third-order valence-electron chi connectivity index (χ3n) is 5.61. The molecule has 4 rings (SSSR count). The summed E-state index contributed by atoms with van der Waals surface area (Å²) in [7, 11) is 0. The predicted molar refractivity (Wildman–Crippen MR) is 94.1 cm³/mol. The number of nitrogens with zero attached hydrogens (tertiary/aromatic N) is 4. The van der Waals surface area contributed by atoms with Crippen LogP contribution in [-0.2, 0) is 4.74 Å². The molecule has 2 fully saturated rings. The van der Waals surface area contributed by atoms with E-state index >= 15 is 0 Å². The molecule has 6 nitrogen and oxygen atoms in total. The Balaban J connectivity index is 1.44. The van der Waals surface area contributed by atoms with Crippen LogP contribution in [0.15, 0.2) is 30.7 Å². The molecule has 134 valence electrons. The van der Waals surface area contributed by atoms with Gasteiger partial charge >= 0.3 is 0 Å². The molecule has 25 heavy (non-hydrogen) atoms. The van der Waals surface area contributed by atoms with E-state index in [-0.39, 0.29) is 18.1 Å². The molecule has 1 aliphatic carbocycles. The first kappa shape index (κ1) is 16.7. The maximum atomic E-state index is 12.9. The molecule has 3 heterocycles. The van der Waals surface area contributed by atoms with Gasteiger partial charge in [-0.15, -0.1) is 0 Å². The number of carbonyl (C=O) groups excluding carboxylic acids is 1. The maximum absolute atomic E-state index is 12.9. The summed E-state index contributed by atoms with van der Waals surface area (Å²) >= 11 is 0. The summed E-state index contributed by atoms with van der Waals surface area (Å²) in [4.78, 5) is 25.6. The highest BCUT2D eigenvalue weighted by Gasteiger charge is 2.40. The number of amides is 1. The molecule has 0 radical (unpaired) electrons. The second kappa shape index (κ2) is 7.62. The van der Waals surface area contributed by atoms with E-state index in [1.165, 1.54) is 19.3 Å². The van der Waals surface area contributed by atoms with E-state index in [1.807, 2.05) is 4.90 Å². The molecule has 0 aromatic carbocycles. The van der Waals surface area contributed by atoms with Crippen LogP contribution in [0.3, 0.4) is 0 Å². The molecule has 1 amide bonds. The summed E-state index contributed by atoms with van der Waals surface area (Å²) in [6.07, 6.45) is 14.1. The van der Waals surface area contributed by atoms with Gasteiger partial charge in [-0.25, -0.2) is 4.98 Å². The molecule has 1 aromatic rings. The SMILES string of the molecule is O=C(c1cnccn1)N1CCO[C@@H]2CCN(CC3CC=CCC3)C[C@H]21. The van der Waals surface area contributed by atoms with Crippen molar-refractivity contribution in [3.8, 4) is 0 Å². The van der Waals surface area contributed by atoms with Crippen LogP contribution in [0.5, 0.6) is 0 Å². The van der Waals surface area contributed by atoms with Crippen LogP contribution in [0.25, 0.3) is 0 Å². The van der Waals surface area contributed by atoms with Crippen molar-refractivity contribution in [1.29, 1.82) is 0 Å². The van der Waals surface area contributed by atoms with Crippen molar-refractivity contribution in [2.24, 2.45) is 5.92 Å². The summed E-state index contributed by atoms with van der Waals surface area (Å²) in [5.41, 5.74) is 0.428. The Hall–Kier alpha value is -1.79. The van der Waals surface area contributed by atoms with Gasteiger partial charge in [0.05, 0.1) is 24.9 Å². The minimum Gasteiger partial charge on any atom is -0.374 e. The Morgan fingerprint density at radius 3 is 3.00 bits per heavy atom. The number of piperidine rings is 1. The number of fused-ring (bicyclic) bond motifs is 1. The lowest BCUT2D eigenvalue weighted by atomic mass is 9.92. The Morgan fingerprint density at radius 1 is 1.24 bits per heavy atom. The normalized spacial score (nSPS) is 30.1. The van der Waals surface area contributed by atoms with Gasteiger partial charge in [0.15, 0.2) is 0 Å². The molecule has 1 aromatic heterocycles. The van der Waals surface area contributed by atoms with Crippen molar-refractivity contribution in [3.05, 3.63) is 36.4 Å². The van der Waals surface area contributed by atoms with Gasteiger partial charge in [-0.2, -0.15) is 0 Å². The highest BCUT2D eigenvalue weighted by Crippen LogP contribution is 2.27. The smallest absolute Gasteiger partial charge is 0.274 e. The Labute approximate surface area is 148 Å². The zero-order valence-corrected chi connectivity index (χ0v) is 14.6. The first-order valence-electron chi connectivity index (χ1n) is 9.37. The fourth-order valence-electron chi connectivity index (χ4n) is 4.30. The number of carbonyl (C=O) groups is 1. The van der Waals surface area contributed by atoms with Crippen molar-refractivity contribution < 1.29 is 9.53 Å². The monoisotopic (exact) mass is 342 g/mol. The number of hydrogen-bond acceptors (Lipinski definition) is 5. The van der Waals surface area contributed by atoms with Crippen LogP contribution in [0, 0.1) is 5.92 Å². The molecule has 0 N–H and O–H groups in total. The molecular weight excluding hydrogens is 316 g/mol. The maximum Gasteiger partial charge on any atom is 0.274 e. The van der Waals surface area contributed by atoms with Gasteiger partial charge in [0.1, 0.15) is 5.69 Å². The molecule has 0 saturated carbocycles. The fraction of sp³-hybridized carbons (Fsp3) is 0.632. The van der Waals surface area contributed by atoms with Crippen molar-refractivity contribution in [2.45, 2.75) is 37.8 Å². The minimum absolute atomic E-state index is 0.0196. The standard InChI is InChI=1S/C19H26N4O2/c24-19(16-12-20-7-8-21-16)23-10-11-25-18-6-9-22(14-17(18)23)13-15-4-2-1-3-5-15/h1-2,7-8,12,15,17-18H,3-6,9-11,13-14H2/t15?,17-,18-/m1/s1. The summed E-state index contributed by atoms with van der Waals surface area (Å²) in [5.74, 6) is 0.726. The molecule has 1 unspecified atom stereocenters. The molecule has 3 aliphatic rings. The zero-order valence-electron chi connectivity index (χ0n) is 14.6. The second-order valence-corrected chi connectivity index (χ2v) is 7.26. The summed E-state index contributed by atoms with van der Waals surface area (Å²) in [6, 6.07) is 0.121. The first-order valence-corrected chi connectivity index (χ1v) is 9.37. The predicted octanol–water partition coefficient (Wildman–Crippen LogP) is 1.75. The lowest BCUT2D eigenvalue weighted by Crippen LogP contribution is -2.61. The van der Waals surface area contributed by atoms with E-state index < -0.39 is 0 Å². The lowest BCUT2D eigenvalue weighted by molar-refractivity contribution is -0.0919. The van der Waals surface area contributed by atoms with E-state index in [0.717, 1.165) is 32.0 Å². The van der Waals surface area contributed by atoms with E-state index in [9.17, 15) is 4.79 Å².